The first-order chi connectivity index (χ1) is 9.58. The summed E-state index contributed by atoms with van der Waals surface area (Å²) < 4.78 is 5.46. The van der Waals surface area contributed by atoms with E-state index in [4.69, 9.17) is 16.3 Å². The Morgan fingerprint density at radius 3 is 2.75 bits per heavy atom. The lowest BCUT2D eigenvalue weighted by molar-refractivity contribution is 0.236. The van der Waals surface area contributed by atoms with Gasteiger partial charge in [-0.1, -0.05) is 17.7 Å². The molecular formula is C14H22ClN3O2. The van der Waals surface area contributed by atoms with Gasteiger partial charge in [-0.05, 0) is 45.3 Å². The molecule has 2 N–H and O–H groups in total. The van der Waals surface area contributed by atoms with Gasteiger partial charge in [-0.25, -0.2) is 4.79 Å². The molecule has 0 spiro atoms. The Morgan fingerprint density at radius 1 is 1.30 bits per heavy atom. The molecule has 0 unspecified atom stereocenters. The molecule has 0 atom stereocenters. The summed E-state index contributed by atoms with van der Waals surface area (Å²) in [5.41, 5.74) is 0. The number of carbonyl (C=O) groups excluding carboxylic acids is 1. The van der Waals surface area contributed by atoms with Crippen molar-refractivity contribution in [2.75, 3.05) is 40.3 Å². The minimum Gasteiger partial charge on any atom is -0.492 e. The monoisotopic (exact) mass is 299 g/mol. The van der Waals surface area contributed by atoms with Crippen molar-refractivity contribution in [1.29, 1.82) is 0 Å². The summed E-state index contributed by atoms with van der Waals surface area (Å²) in [5, 5.41) is 6.16. The summed E-state index contributed by atoms with van der Waals surface area (Å²) in [6.07, 6.45) is 0.930. The zero-order chi connectivity index (χ0) is 14.8. The fourth-order valence-electron chi connectivity index (χ4n) is 1.55. The number of rotatable bonds is 8. The van der Waals surface area contributed by atoms with Crippen molar-refractivity contribution < 1.29 is 9.53 Å². The highest BCUT2D eigenvalue weighted by molar-refractivity contribution is 6.30. The van der Waals surface area contributed by atoms with E-state index in [1.165, 1.54) is 0 Å². The molecule has 0 aromatic heterocycles. The zero-order valence-corrected chi connectivity index (χ0v) is 12.7. The predicted octanol–water partition coefficient (Wildman–Crippen LogP) is 1.97. The molecule has 0 radical (unpaired) electrons. The fourth-order valence-corrected chi connectivity index (χ4v) is 1.73. The van der Waals surface area contributed by atoms with Crippen LogP contribution < -0.4 is 15.4 Å². The van der Waals surface area contributed by atoms with E-state index in [9.17, 15) is 4.79 Å². The topological polar surface area (TPSA) is 53.6 Å². The molecule has 0 saturated carbocycles. The van der Waals surface area contributed by atoms with E-state index >= 15 is 0 Å². The van der Waals surface area contributed by atoms with Crippen LogP contribution in [0.2, 0.25) is 5.02 Å². The number of benzene rings is 1. The van der Waals surface area contributed by atoms with Gasteiger partial charge in [0.15, 0.2) is 0 Å². The van der Waals surface area contributed by atoms with Crippen LogP contribution in [-0.4, -0.2) is 51.3 Å². The maximum Gasteiger partial charge on any atom is 0.314 e. The van der Waals surface area contributed by atoms with Crippen molar-refractivity contribution in [3.05, 3.63) is 29.3 Å². The van der Waals surface area contributed by atoms with Crippen LogP contribution in [0.25, 0.3) is 0 Å². The quantitative estimate of drug-likeness (QED) is 0.722. The number of ether oxygens (including phenoxy) is 1. The maximum absolute atomic E-state index is 11.4. The summed E-state index contributed by atoms with van der Waals surface area (Å²) >= 11 is 5.84. The van der Waals surface area contributed by atoms with Gasteiger partial charge in [-0.3, -0.25) is 0 Å². The van der Waals surface area contributed by atoms with Crippen molar-refractivity contribution in [2.24, 2.45) is 0 Å². The van der Waals surface area contributed by atoms with Gasteiger partial charge in [-0.15, -0.1) is 0 Å². The molecule has 0 aliphatic heterocycles. The van der Waals surface area contributed by atoms with Crippen molar-refractivity contribution in [2.45, 2.75) is 6.42 Å². The first kappa shape index (κ1) is 16.6. The van der Waals surface area contributed by atoms with Crippen LogP contribution in [0, 0.1) is 0 Å². The molecule has 112 valence electrons. The first-order valence-electron chi connectivity index (χ1n) is 6.63. The van der Waals surface area contributed by atoms with Crippen LogP contribution in [0.1, 0.15) is 6.42 Å². The number of halogens is 1. The molecule has 0 fully saturated rings. The van der Waals surface area contributed by atoms with Crippen LogP contribution in [0.3, 0.4) is 0 Å². The van der Waals surface area contributed by atoms with Crippen LogP contribution in [0.5, 0.6) is 5.75 Å². The molecule has 0 aliphatic carbocycles. The summed E-state index contributed by atoms with van der Waals surface area (Å²) in [6.45, 7) is 2.48. The Bertz CT molecular complexity index is 413. The normalized spacial score (nSPS) is 10.4. The van der Waals surface area contributed by atoms with E-state index in [2.05, 4.69) is 15.5 Å². The standard InChI is InChI=1S/C14H22ClN3O2/c1-18(2)9-4-7-16-14(19)17-8-10-20-13-6-3-5-12(15)11-13/h3,5-6,11H,4,7-10H2,1-2H3,(H2,16,17,19). The number of hydrogen-bond donors (Lipinski definition) is 2. The SMILES string of the molecule is CN(C)CCCNC(=O)NCCOc1cccc(Cl)c1. The van der Waals surface area contributed by atoms with Crippen molar-refractivity contribution in [3.63, 3.8) is 0 Å². The van der Waals surface area contributed by atoms with E-state index in [1.807, 2.05) is 26.2 Å². The van der Waals surface area contributed by atoms with E-state index in [1.54, 1.807) is 12.1 Å². The molecule has 0 saturated heterocycles. The van der Waals surface area contributed by atoms with Crippen LogP contribution in [0.4, 0.5) is 4.79 Å². The number of carbonyl (C=O) groups is 1. The van der Waals surface area contributed by atoms with Gasteiger partial charge in [0.1, 0.15) is 12.4 Å². The van der Waals surface area contributed by atoms with Gasteiger partial charge in [0.25, 0.3) is 0 Å². The minimum atomic E-state index is -0.168. The molecule has 6 heteroatoms. The molecule has 5 nitrogen and oxygen atoms in total. The van der Waals surface area contributed by atoms with Crippen molar-refractivity contribution >= 4 is 17.6 Å². The van der Waals surface area contributed by atoms with E-state index in [0.717, 1.165) is 13.0 Å². The third kappa shape index (κ3) is 7.86. The third-order valence-electron chi connectivity index (χ3n) is 2.52. The Hall–Kier alpha value is -1.46. The number of nitrogens with one attached hydrogen (secondary N) is 2. The second kappa shape index (κ2) is 9.44. The number of urea groups is 1. The predicted molar refractivity (Wildman–Crippen MR) is 81.5 cm³/mol. The molecule has 20 heavy (non-hydrogen) atoms. The van der Waals surface area contributed by atoms with E-state index in [0.29, 0.717) is 30.5 Å². The lowest BCUT2D eigenvalue weighted by Gasteiger charge is -2.11. The maximum atomic E-state index is 11.4. The summed E-state index contributed by atoms with van der Waals surface area (Å²) in [4.78, 5) is 13.5. The van der Waals surface area contributed by atoms with Crippen LogP contribution in [-0.2, 0) is 0 Å². The second-order valence-corrected chi connectivity index (χ2v) is 5.08. The van der Waals surface area contributed by atoms with Crippen molar-refractivity contribution in [1.82, 2.24) is 15.5 Å². The molecule has 0 bridgehead atoms. The first-order valence-corrected chi connectivity index (χ1v) is 7.00. The Morgan fingerprint density at radius 2 is 2.05 bits per heavy atom. The number of amides is 2. The third-order valence-corrected chi connectivity index (χ3v) is 2.76. The van der Waals surface area contributed by atoms with Gasteiger partial charge >= 0.3 is 6.03 Å². The molecular weight excluding hydrogens is 278 g/mol. The highest BCUT2D eigenvalue weighted by Gasteiger charge is 2.00. The van der Waals surface area contributed by atoms with Gasteiger partial charge in [-0.2, -0.15) is 0 Å². The van der Waals surface area contributed by atoms with Gasteiger partial charge in [0.2, 0.25) is 0 Å². The minimum absolute atomic E-state index is 0.168. The van der Waals surface area contributed by atoms with Gasteiger partial charge in [0, 0.05) is 11.6 Å². The lowest BCUT2D eigenvalue weighted by atomic mass is 10.3. The zero-order valence-electron chi connectivity index (χ0n) is 12.0. The molecule has 2 amide bonds. The second-order valence-electron chi connectivity index (χ2n) is 4.65. The van der Waals surface area contributed by atoms with Gasteiger partial charge in [0.05, 0.1) is 6.54 Å². The van der Waals surface area contributed by atoms with E-state index in [-0.39, 0.29) is 6.03 Å². The average molecular weight is 300 g/mol. The lowest BCUT2D eigenvalue weighted by Crippen LogP contribution is -2.38. The largest absolute Gasteiger partial charge is 0.492 e. The molecule has 1 rings (SSSR count). The highest BCUT2D eigenvalue weighted by atomic mass is 35.5. The Balaban J connectivity index is 2.04. The van der Waals surface area contributed by atoms with Crippen LogP contribution >= 0.6 is 11.6 Å². The van der Waals surface area contributed by atoms with Crippen LogP contribution in [0.15, 0.2) is 24.3 Å². The molecule has 0 aliphatic rings. The number of nitrogens with zero attached hydrogens (tertiary/aromatic N) is 1. The summed E-state index contributed by atoms with van der Waals surface area (Å²) in [7, 11) is 4.01. The summed E-state index contributed by atoms with van der Waals surface area (Å²) in [6, 6.07) is 7.00. The Kier molecular flexibility index (Phi) is 7.84. The van der Waals surface area contributed by atoms with Gasteiger partial charge < -0.3 is 20.3 Å². The summed E-state index contributed by atoms with van der Waals surface area (Å²) in [5.74, 6) is 0.700. The average Bonchev–Trinajstić information content (AvgIpc) is 2.40. The molecule has 1 aromatic carbocycles. The molecule has 0 heterocycles. The number of hydrogen-bond acceptors (Lipinski definition) is 3. The molecule has 1 aromatic rings. The Labute approximate surface area is 125 Å². The fraction of sp³-hybridized carbons (Fsp3) is 0.500. The van der Waals surface area contributed by atoms with E-state index < -0.39 is 0 Å². The van der Waals surface area contributed by atoms with Crippen molar-refractivity contribution in [3.8, 4) is 5.75 Å². The smallest absolute Gasteiger partial charge is 0.314 e. The highest BCUT2D eigenvalue weighted by Crippen LogP contribution is 2.16.